The normalized spacial score (nSPS) is 11.2. The fraction of sp³-hybridized carbons (Fsp3) is 0.188. The Kier molecular flexibility index (Phi) is 4.51. The molecule has 6 heteroatoms. The second kappa shape index (κ2) is 6.19. The summed E-state index contributed by atoms with van der Waals surface area (Å²) in [5, 5.41) is 12.4. The van der Waals surface area contributed by atoms with Crippen molar-refractivity contribution >= 4 is 21.4 Å². The summed E-state index contributed by atoms with van der Waals surface area (Å²) in [5.74, 6) is -0.430. The van der Waals surface area contributed by atoms with Crippen LogP contribution in [-0.4, -0.2) is 25.7 Å². The first-order valence-electron chi connectivity index (χ1n) is 6.62. The van der Waals surface area contributed by atoms with Gasteiger partial charge in [-0.25, -0.2) is 8.42 Å². The quantitative estimate of drug-likeness (QED) is 0.848. The second-order valence-corrected chi connectivity index (χ2v) is 7.38. The maximum absolute atomic E-state index is 12.1. The summed E-state index contributed by atoms with van der Waals surface area (Å²) < 4.78 is 22.4. The number of hydrogen-bond acceptors (Lipinski definition) is 4. The van der Waals surface area contributed by atoms with Gasteiger partial charge in [0, 0.05) is 11.8 Å². The minimum absolute atomic E-state index is 0.00189. The molecule has 0 fully saturated rings. The zero-order valence-corrected chi connectivity index (χ0v) is 13.1. The molecule has 5 nitrogen and oxygen atoms in total. The van der Waals surface area contributed by atoms with E-state index in [2.05, 4.69) is 5.32 Å². The van der Waals surface area contributed by atoms with Gasteiger partial charge >= 0.3 is 0 Å². The lowest BCUT2D eigenvalue weighted by atomic mass is 10.1. The summed E-state index contributed by atoms with van der Waals surface area (Å²) in [6.07, 6.45) is 1.16. The molecule has 0 heterocycles. The van der Waals surface area contributed by atoms with Gasteiger partial charge in [-0.2, -0.15) is 0 Å². The molecule has 0 saturated heterocycles. The van der Waals surface area contributed by atoms with Crippen LogP contribution in [0.4, 0.5) is 5.69 Å². The van der Waals surface area contributed by atoms with Crippen LogP contribution in [0.25, 0.3) is 0 Å². The predicted molar refractivity (Wildman–Crippen MR) is 85.8 cm³/mol. The van der Waals surface area contributed by atoms with E-state index < -0.39 is 9.84 Å². The Bertz CT molecular complexity index is 795. The SMILES string of the molecule is Cc1ccc(NC(=O)c2ccc(CS(C)(=O)=O)cc2)c(O)c1. The van der Waals surface area contributed by atoms with E-state index >= 15 is 0 Å². The van der Waals surface area contributed by atoms with Crippen LogP contribution in [0, 0.1) is 6.92 Å². The van der Waals surface area contributed by atoms with Gasteiger partial charge in [0.1, 0.15) is 5.75 Å². The van der Waals surface area contributed by atoms with E-state index in [4.69, 9.17) is 0 Å². The number of rotatable bonds is 4. The highest BCUT2D eigenvalue weighted by Crippen LogP contribution is 2.24. The van der Waals surface area contributed by atoms with Crippen LogP contribution in [0.5, 0.6) is 5.75 Å². The molecule has 2 aromatic carbocycles. The van der Waals surface area contributed by atoms with Crippen molar-refractivity contribution in [3.8, 4) is 5.75 Å². The summed E-state index contributed by atoms with van der Waals surface area (Å²) >= 11 is 0. The van der Waals surface area contributed by atoms with Crippen molar-refractivity contribution in [3.63, 3.8) is 0 Å². The number of nitrogens with one attached hydrogen (secondary N) is 1. The van der Waals surface area contributed by atoms with Gasteiger partial charge in [-0.15, -0.1) is 0 Å². The maximum atomic E-state index is 12.1. The fourth-order valence-electron chi connectivity index (χ4n) is 2.00. The molecule has 0 saturated carbocycles. The molecular formula is C16H17NO4S. The molecule has 0 radical (unpaired) electrons. The number of phenols is 1. The summed E-state index contributed by atoms with van der Waals surface area (Å²) in [6, 6.07) is 11.3. The molecule has 0 atom stereocenters. The summed E-state index contributed by atoms with van der Waals surface area (Å²) in [5.41, 5.74) is 2.23. The predicted octanol–water partition coefficient (Wildman–Crippen LogP) is 2.50. The third kappa shape index (κ3) is 4.33. The average Bonchev–Trinajstić information content (AvgIpc) is 2.41. The average molecular weight is 319 g/mol. The number of aryl methyl sites for hydroxylation is 1. The lowest BCUT2D eigenvalue weighted by Gasteiger charge is -2.08. The van der Waals surface area contributed by atoms with E-state index in [0.29, 0.717) is 16.8 Å². The Labute approximate surface area is 129 Å². The molecule has 0 spiro atoms. The molecule has 2 aromatic rings. The van der Waals surface area contributed by atoms with Crippen molar-refractivity contribution in [1.82, 2.24) is 0 Å². The van der Waals surface area contributed by atoms with Crippen molar-refractivity contribution in [2.45, 2.75) is 12.7 Å². The number of hydrogen-bond donors (Lipinski definition) is 2. The van der Waals surface area contributed by atoms with Crippen molar-refractivity contribution in [3.05, 3.63) is 59.2 Å². The van der Waals surface area contributed by atoms with Gasteiger partial charge < -0.3 is 10.4 Å². The first kappa shape index (κ1) is 16.0. The van der Waals surface area contributed by atoms with Gasteiger partial charge in [0.15, 0.2) is 9.84 Å². The fourth-order valence-corrected chi connectivity index (χ4v) is 2.79. The van der Waals surface area contributed by atoms with E-state index in [-0.39, 0.29) is 17.4 Å². The Morgan fingerprint density at radius 3 is 2.32 bits per heavy atom. The number of carbonyl (C=O) groups excluding carboxylic acids is 1. The van der Waals surface area contributed by atoms with Gasteiger partial charge in [-0.3, -0.25) is 4.79 Å². The van der Waals surface area contributed by atoms with Crippen LogP contribution in [-0.2, 0) is 15.6 Å². The van der Waals surface area contributed by atoms with Gasteiger partial charge in [0.05, 0.1) is 11.4 Å². The van der Waals surface area contributed by atoms with Crippen molar-refractivity contribution in [1.29, 1.82) is 0 Å². The topological polar surface area (TPSA) is 83.5 Å². The van der Waals surface area contributed by atoms with Crippen LogP contribution in [0.2, 0.25) is 0 Å². The van der Waals surface area contributed by atoms with Crippen molar-refractivity contribution in [2.75, 3.05) is 11.6 Å². The molecular weight excluding hydrogens is 302 g/mol. The zero-order chi connectivity index (χ0) is 16.3. The van der Waals surface area contributed by atoms with Crippen molar-refractivity contribution in [2.24, 2.45) is 0 Å². The van der Waals surface area contributed by atoms with Crippen LogP contribution in [0.15, 0.2) is 42.5 Å². The molecule has 0 aliphatic heterocycles. The van der Waals surface area contributed by atoms with Crippen molar-refractivity contribution < 1.29 is 18.3 Å². The smallest absolute Gasteiger partial charge is 0.255 e. The molecule has 0 aliphatic carbocycles. The van der Waals surface area contributed by atoms with Gasteiger partial charge in [-0.05, 0) is 42.3 Å². The summed E-state index contributed by atoms with van der Waals surface area (Å²) in [4.78, 5) is 12.1. The Hall–Kier alpha value is -2.34. The number of sulfone groups is 1. The van der Waals surface area contributed by atoms with E-state index in [1.165, 1.54) is 0 Å². The van der Waals surface area contributed by atoms with E-state index in [0.717, 1.165) is 11.8 Å². The molecule has 0 unspecified atom stereocenters. The Morgan fingerprint density at radius 2 is 1.77 bits per heavy atom. The molecule has 116 valence electrons. The molecule has 2 rings (SSSR count). The molecule has 1 amide bonds. The van der Waals surface area contributed by atoms with E-state index in [1.807, 2.05) is 6.92 Å². The highest BCUT2D eigenvalue weighted by atomic mass is 32.2. The highest BCUT2D eigenvalue weighted by molar-refractivity contribution is 7.89. The van der Waals surface area contributed by atoms with E-state index in [1.54, 1.807) is 42.5 Å². The first-order valence-corrected chi connectivity index (χ1v) is 8.68. The number of amides is 1. The minimum Gasteiger partial charge on any atom is -0.506 e. The Balaban J connectivity index is 2.13. The molecule has 2 N–H and O–H groups in total. The molecule has 0 aliphatic rings. The highest BCUT2D eigenvalue weighted by Gasteiger charge is 2.10. The van der Waals surface area contributed by atoms with Gasteiger partial charge in [-0.1, -0.05) is 18.2 Å². The standard InChI is InChI=1S/C16H17NO4S/c1-11-3-8-14(15(18)9-11)17-16(19)13-6-4-12(5-7-13)10-22(2,20)21/h3-9,18H,10H2,1-2H3,(H,17,19). The summed E-state index contributed by atoms with van der Waals surface area (Å²) in [6.45, 7) is 1.84. The van der Waals surface area contributed by atoms with Crippen LogP contribution >= 0.6 is 0 Å². The number of benzene rings is 2. The van der Waals surface area contributed by atoms with Crippen LogP contribution < -0.4 is 5.32 Å². The second-order valence-electron chi connectivity index (χ2n) is 5.24. The first-order chi connectivity index (χ1) is 10.2. The minimum atomic E-state index is -3.10. The lowest BCUT2D eigenvalue weighted by Crippen LogP contribution is -2.12. The van der Waals surface area contributed by atoms with Crippen LogP contribution in [0.3, 0.4) is 0 Å². The lowest BCUT2D eigenvalue weighted by molar-refractivity contribution is 0.102. The van der Waals surface area contributed by atoms with Crippen LogP contribution in [0.1, 0.15) is 21.5 Å². The zero-order valence-electron chi connectivity index (χ0n) is 12.3. The van der Waals surface area contributed by atoms with Gasteiger partial charge in [0.2, 0.25) is 0 Å². The number of carbonyl (C=O) groups is 1. The molecule has 0 aromatic heterocycles. The monoisotopic (exact) mass is 319 g/mol. The third-order valence-corrected chi connectivity index (χ3v) is 3.90. The number of anilines is 1. The maximum Gasteiger partial charge on any atom is 0.255 e. The van der Waals surface area contributed by atoms with E-state index in [9.17, 15) is 18.3 Å². The Morgan fingerprint density at radius 1 is 1.14 bits per heavy atom. The number of aromatic hydroxyl groups is 1. The number of phenolic OH excluding ortho intramolecular Hbond substituents is 1. The van der Waals surface area contributed by atoms with Gasteiger partial charge in [0.25, 0.3) is 5.91 Å². The summed E-state index contributed by atoms with van der Waals surface area (Å²) in [7, 11) is -3.10. The third-order valence-electron chi connectivity index (χ3n) is 3.05. The largest absolute Gasteiger partial charge is 0.506 e. The molecule has 0 bridgehead atoms. The molecule has 22 heavy (non-hydrogen) atoms.